The Morgan fingerprint density at radius 3 is 2.56 bits per heavy atom. The molecule has 0 aliphatic heterocycles. The summed E-state index contributed by atoms with van der Waals surface area (Å²) in [5.74, 6) is 1.91. The van der Waals surface area contributed by atoms with Gasteiger partial charge < -0.3 is 5.73 Å². The summed E-state index contributed by atoms with van der Waals surface area (Å²) in [7, 11) is 0. The van der Waals surface area contributed by atoms with Gasteiger partial charge in [-0.25, -0.2) is 0 Å². The summed E-state index contributed by atoms with van der Waals surface area (Å²) in [6.45, 7) is 6.89. The maximum Gasteiger partial charge on any atom is 0.0111 e. The highest BCUT2D eigenvalue weighted by atomic mass is 14.7. The van der Waals surface area contributed by atoms with Gasteiger partial charge in [-0.05, 0) is 35.3 Å². The van der Waals surface area contributed by atoms with Crippen molar-refractivity contribution in [2.45, 2.75) is 51.5 Å². The molecule has 4 unspecified atom stereocenters. The number of fused-ring (bicyclic) bond motifs is 1. The summed E-state index contributed by atoms with van der Waals surface area (Å²) < 4.78 is 0. The normalized spacial score (nSPS) is 30.9. The van der Waals surface area contributed by atoms with Crippen LogP contribution in [-0.4, -0.2) is 6.04 Å². The van der Waals surface area contributed by atoms with E-state index in [0.717, 1.165) is 12.3 Å². The SMILES string of the molecule is CCC(C)C1CC(N)C(C)c2ccccc21. The third kappa shape index (κ3) is 1.89. The zero-order chi connectivity index (χ0) is 11.7. The van der Waals surface area contributed by atoms with Crippen LogP contribution in [0.4, 0.5) is 0 Å². The van der Waals surface area contributed by atoms with E-state index in [1.54, 1.807) is 5.56 Å². The zero-order valence-corrected chi connectivity index (χ0v) is 10.6. The van der Waals surface area contributed by atoms with Crippen LogP contribution in [0.25, 0.3) is 0 Å². The molecule has 1 heteroatoms. The predicted octanol–water partition coefficient (Wildman–Crippen LogP) is 3.65. The van der Waals surface area contributed by atoms with E-state index in [4.69, 9.17) is 5.73 Å². The molecule has 0 spiro atoms. The fraction of sp³-hybridized carbons (Fsp3) is 0.600. The van der Waals surface area contributed by atoms with Crippen LogP contribution < -0.4 is 5.73 Å². The highest BCUT2D eigenvalue weighted by Gasteiger charge is 2.32. The van der Waals surface area contributed by atoms with Crippen LogP contribution in [0.5, 0.6) is 0 Å². The quantitative estimate of drug-likeness (QED) is 0.804. The highest BCUT2D eigenvalue weighted by molar-refractivity contribution is 5.37. The number of benzene rings is 1. The molecule has 4 atom stereocenters. The van der Waals surface area contributed by atoms with E-state index >= 15 is 0 Å². The Labute approximate surface area is 99.0 Å². The summed E-state index contributed by atoms with van der Waals surface area (Å²) in [4.78, 5) is 0. The van der Waals surface area contributed by atoms with Gasteiger partial charge in [0, 0.05) is 6.04 Å². The monoisotopic (exact) mass is 217 g/mol. The van der Waals surface area contributed by atoms with Crippen molar-refractivity contribution in [3.63, 3.8) is 0 Å². The minimum atomic E-state index is 0.328. The van der Waals surface area contributed by atoms with Gasteiger partial charge in [-0.3, -0.25) is 0 Å². The van der Waals surface area contributed by atoms with Crippen LogP contribution >= 0.6 is 0 Å². The molecule has 0 fully saturated rings. The average molecular weight is 217 g/mol. The van der Waals surface area contributed by atoms with Crippen LogP contribution in [0.1, 0.15) is 56.6 Å². The minimum absolute atomic E-state index is 0.328. The Balaban J connectivity index is 2.40. The number of nitrogens with two attached hydrogens (primary N) is 1. The van der Waals surface area contributed by atoms with Crippen LogP contribution in [-0.2, 0) is 0 Å². The van der Waals surface area contributed by atoms with Crippen molar-refractivity contribution in [2.24, 2.45) is 11.7 Å². The van der Waals surface area contributed by atoms with E-state index in [-0.39, 0.29) is 0 Å². The molecular weight excluding hydrogens is 194 g/mol. The molecule has 88 valence electrons. The second kappa shape index (κ2) is 4.58. The Morgan fingerprint density at radius 2 is 1.94 bits per heavy atom. The van der Waals surface area contributed by atoms with Gasteiger partial charge in [-0.2, -0.15) is 0 Å². The number of hydrogen-bond acceptors (Lipinski definition) is 1. The third-order valence-corrected chi connectivity index (χ3v) is 4.39. The molecule has 2 rings (SSSR count). The van der Waals surface area contributed by atoms with Crippen LogP contribution in [0.3, 0.4) is 0 Å². The lowest BCUT2D eigenvalue weighted by molar-refractivity contribution is 0.348. The third-order valence-electron chi connectivity index (χ3n) is 4.39. The van der Waals surface area contributed by atoms with Crippen LogP contribution in [0.2, 0.25) is 0 Å². The molecule has 1 aliphatic carbocycles. The number of hydrogen-bond donors (Lipinski definition) is 1. The molecule has 0 aromatic heterocycles. The first-order valence-corrected chi connectivity index (χ1v) is 6.49. The van der Waals surface area contributed by atoms with Crippen molar-refractivity contribution in [3.8, 4) is 0 Å². The van der Waals surface area contributed by atoms with Crippen molar-refractivity contribution in [2.75, 3.05) is 0 Å². The fourth-order valence-electron chi connectivity index (χ4n) is 2.94. The molecule has 0 radical (unpaired) electrons. The van der Waals surface area contributed by atoms with Gasteiger partial charge in [0.25, 0.3) is 0 Å². The maximum absolute atomic E-state index is 6.28. The standard InChI is InChI=1S/C15H23N/c1-4-10(2)14-9-15(16)11(3)12-7-5-6-8-13(12)14/h5-8,10-11,14-15H,4,9,16H2,1-3H3. The van der Waals surface area contributed by atoms with Gasteiger partial charge in [-0.15, -0.1) is 0 Å². The molecule has 1 aromatic rings. The van der Waals surface area contributed by atoms with Crippen molar-refractivity contribution >= 4 is 0 Å². The molecule has 1 nitrogen and oxygen atoms in total. The van der Waals surface area contributed by atoms with Gasteiger partial charge in [0.15, 0.2) is 0 Å². The van der Waals surface area contributed by atoms with Crippen molar-refractivity contribution in [1.82, 2.24) is 0 Å². The van der Waals surface area contributed by atoms with Gasteiger partial charge in [0.05, 0.1) is 0 Å². The molecule has 0 heterocycles. The lowest BCUT2D eigenvalue weighted by atomic mass is 9.70. The highest BCUT2D eigenvalue weighted by Crippen LogP contribution is 2.42. The van der Waals surface area contributed by atoms with Gasteiger partial charge in [-0.1, -0.05) is 51.5 Å². The van der Waals surface area contributed by atoms with E-state index in [1.165, 1.54) is 12.0 Å². The molecule has 16 heavy (non-hydrogen) atoms. The predicted molar refractivity (Wildman–Crippen MR) is 69.6 cm³/mol. The molecule has 0 saturated carbocycles. The van der Waals surface area contributed by atoms with E-state index in [0.29, 0.717) is 17.9 Å². The van der Waals surface area contributed by atoms with Crippen LogP contribution in [0, 0.1) is 5.92 Å². The molecule has 0 saturated heterocycles. The lowest BCUT2D eigenvalue weighted by Crippen LogP contribution is -2.35. The van der Waals surface area contributed by atoms with Gasteiger partial charge >= 0.3 is 0 Å². The first kappa shape index (κ1) is 11.7. The summed E-state index contributed by atoms with van der Waals surface area (Å²) in [6, 6.07) is 9.19. The number of rotatable bonds is 2. The van der Waals surface area contributed by atoms with Crippen LogP contribution in [0.15, 0.2) is 24.3 Å². The molecule has 1 aromatic carbocycles. The van der Waals surface area contributed by atoms with E-state index in [2.05, 4.69) is 45.0 Å². The minimum Gasteiger partial charge on any atom is -0.327 e. The second-order valence-electron chi connectivity index (χ2n) is 5.31. The average Bonchev–Trinajstić information content (AvgIpc) is 2.33. The topological polar surface area (TPSA) is 26.0 Å². The Morgan fingerprint density at radius 1 is 1.31 bits per heavy atom. The smallest absolute Gasteiger partial charge is 0.0111 e. The summed E-state index contributed by atoms with van der Waals surface area (Å²) in [5, 5.41) is 0. The van der Waals surface area contributed by atoms with Gasteiger partial charge in [0.1, 0.15) is 0 Å². The van der Waals surface area contributed by atoms with E-state index in [1.807, 2.05) is 0 Å². The summed E-state index contributed by atoms with van der Waals surface area (Å²) in [6.07, 6.45) is 2.38. The Kier molecular flexibility index (Phi) is 3.34. The van der Waals surface area contributed by atoms with Crippen molar-refractivity contribution < 1.29 is 0 Å². The molecular formula is C15H23N. The largest absolute Gasteiger partial charge is 0.327 e. The van der Waals surface area contributed by atoms with Gasteiger partial charge in [0.2, 0.25) is 0 Å². The molecule has 1 aliphatic rings. The summed E-state index contributed by atoms with van der Waals surface area (Å²) >= 11 is 0. The Hall–Kier alpha value is -0.820. The van der Waals surface area contributed by atoms with E-state index < -0.39 is 0 Å². The van der Waals surface area contributed by atoms with Crippen molar-refractivity contribution in [3.05, 3.63) is 35.4 Å². The second-order valence-corrected chi connectivity index (χ2v) is 5.31. The zero-order valence-electron chi connectivity index (χ0n) is 10.6. The summed E-state index contributed by atoms with van der Waals surface area (Å²) in [5.41, 5.74) is 9.30. The first-order chi connectivity index (χ1) is 7.65. The molecule has 2 N–H and O–H groups in total. The lowest BCUT2D eigenvalue weighted by Gasteiger charge is -2.37. The first-order valence-electron chi connectivity index (χ1n) is 6.49. The molecule has 0 bridgehead atoms. The fourth-order valence-corrected chi connectivity index (χ4v) is 2.94. The Bertz CT molecular complexity index is 358. The van der Waals surface area contributed by atoms with Crippen molar-refractivity contribution in [1.29, 1.82) is 0 Å². The maximum atomic E-state index is 6.28. The van der Waals surface area contributed by atoms with E-state index in [9.17, 15) is 0 Å². The molecule has 0 amide bonds.